The Labute approximate surface area is 155 Å². The minimum absolute atomic E-state index is 0.0105. The number of hydrogen-bond donors (Lipinski definition) is 1. The molecule has 1 fully saturated rings. The standard InChI is InChI=1S/C21H27N3O2/c1-17-3-7-19(8-4-17)22-21(25)24-15-13-23(14-16-24)12-11-18-5-9-20(26-2)10-6-18/h3-10H,11-16H2,1-2H3,(H,22,25). The summed E-state index contributed by atoms with van der Waals surface area (Å²) < 4.78 is 5.19. The number of benzene rings is 2. The van der Waals surface area contributed by atoms with E-state index in [1.54, 1.807) is 7.11 Å². The Morgan fingerprint density at radius 2 is 1.65 bits per heavy atom. The van der Waals surface area contributed by atoms with Crippen LogP contribution in [0.5, 0.6) is 5.75 Å². The number of piperazine rings is 1. The van der Waals surface area contributed by atoms with Crippen LogP contribution in [0.4, 0.5) is 10.5 Å². The van der Waals surface area contributed by atoms with E-state index >= 15 is 0 Å². The monoisotopic (exact) mass is 353 g/mol. The van der Waals surface area contributed by atoms with Crippen LogP contribution in [-0.4, -0.2) is 55.7 Å². The number of amides is 2. The number of rotatable bonds is 5. The lowest BCUT2D eigenvalue weighted by Gasteiger charge is -2.34. The Morgan fingerprint density at radius 1 is 1.00 bits per heavy atom. The average molecular weight is 353 g/mol. The summed E-state index contributed by atoms with van der Waals surface area (Å²) in [6.07, 6.45) is 1.01. The SMILES string of the molecule is COc1ccc(CCN2CCN(C(=O)Nc3ccc(C)cc3)CC2)cc1. The van der Waals surface area contributed by atoms with Gasteiger partial charge in [0, 0.05) is 38.4 Å². The van der Waals surface area contributed by atoms with Crippen LogP contribution in [0.2, 0.25) is 0 Å². The molecule has 1 N–H and O–H groups in total. The maximum Gasteiger partial charge on any atom is 0.321 e. The summed E-state index contributed by atoms with van der Waals surface area (Å²) >= 11 is 0. The fourth-order valence-electron chi connectivity index (χ4n) is 3.09. The summed E-state index contributed by atoms with van der Waals surface area (Å²) in [7, 11) is 1.68. The topological polar surface area (TPSA) is 44.8 Å². The molecule has 2 aromatic carbocycles. The van der Waals surface area contributed by atoms with Crippen LogP contribution in [0.3, 0.4) is 0 Å². The molecule has 138 valence electrons. The predicted molar refractivity (Wildman–Crippen MR) is 105 cm³/mol. The van der Waals surface area contributed by atoms with E-state index in [1.165, 1.54) is 11.1 Å². The molecule has 0 bridgehead atoms. The summed E-state index contributed by atoms with van der Waals surface area (Å²) in [5, 5.41) is 2.98. The summed E-state index contributed by atoms with van der Waals surface area (Å²) in [4.78, 5) is 16.7. The molecule has 1 saturated heterocycles. The van der Waals surface area contributed by atoms with Gasteiger partial charge in [0.1, 0.15) is 5.75 Å². The second kappa shape index (κ2) is 8.72. The van der Waals surface area contributed by atoms with Crippen molar-refractivity contribution >= 4 is 11.7 Å². The van der Waals surface area contributed by atoms with Gasteiger partial charge in [-0.05, 0) is 43.2 Å². The highest BCUT2D eigenvalue weighted by Crippen LogP contribution is 2.13. The van der Waals surface area contributed by atoms with E-state index in [0.717, 1.165) is 50.6 Å². The van der Waals surface area contributed by atoms with Crippen LogP contribution in [0.25, 0.3) is 0 Å². The van der Waals surface area contributed by atoms with Crippen molar-refractivity contribution in [2.24, 2.45) is 0 Å². The Hall–Kier alpha value is -2.53. The van der Waals surface area contributed by atoms with Crippen molar-refractivity contribution in [1.29, 1.82) is 0 Å². The summed E-state index contributed by atoms with van der Waals surface area (Å²) in [6.45, 7) is 6.41. The predicted octanol–water partition coefficient (Wildman–Crippen LogP) is 3.40. The van der Waals surface area contributed by atoms with Crippen LogP contribution < -0.4 is 10.1 Å². The van der Waals surface area contributed by atoms with E-state index < -0.39 is 0 Å². The van der Waals surface area contributed by atoms with Gasteiger partial charge in [-0.25, -0.2) is 4.79 Å². The van der Waals surface area contributed by atoms with E-state index in [9.17, 15) is 4.79 Å². The van der Waals surface area contributed by atoms with Gasteiger partial charge in [-0.1, -0.05) is 29.8 Å². The maximum atomic E-state index is 12.4. The molecule has 0 aromatic heterocycles. The molecule has 0 spiro atoms. The first-order chi connectivity index (χ1) is 12.6. The second-order valence-corrected chi connectivity index (χ2v) is 6.72. The molecule has 2 aromatic rings. The molecule has 5 heteroatoms. The van der Waals surface area contributed by atoms with Crippen molar-refractivity contribution < 1.29 is 9.53 Å². The van der Waals surface area contributed by atoms with Gasteiger partial charge in [-0.3, -0.25) is 4.90 Å². The number of carbonyl (C=O) groups is 1. The molecular formula is C21H27N3O2. The second-order valence-electron chi connectivity index (χ2n) is 6.72. The van der Waals surface area contributed by atoms with Crippen molar-refractivity contribution in [3.05, 3.63) is 59.7 Å². The fraction of sp³-hybridized carbons (Fsp3) is 0.381. The molecular weight excluding hydrogens is 326 g/mol. The molecule has 2 amide bonds. The van der Waals surface area contributed by atoms with Gasteiger partial charge >= 0.3 is 6.03 Å². The smallest absolute Gasteiger partial charge is 0.321 e. The number of carbonyl (C=O) groups excluding carboxylic acids is 1. The summed E-state index contributed by atoms with van der Waals surface area (Å²) in [5.74, 6) is 0.891. The molecule has 0 atom stereocenters. The van der Waals surface area contributed by atoms with Crippen molar-refractivity contribution in [2.75, 3.05) is 45.2 Å². The molecule has 0 saturated carbocycles. The Balaban J connectivity index is 1.41. The number of hydrogen-bond acceptors (Lipinski definition) is 3. The normalized spacial score (nSPS) is 14.9. The summed E-state index contributed by atoms with van der Waals surface area (Å²) in [5.41, 5.74) is 3.35. The first kappa shape index (κ1) is 18.3. The summed E-state index contributed by atoms with van der Waals surface area (Å²) in [6, 6.07) is 16.1. The average Bonchev–Trinajstić information content (AvgIpc) is 2.69. The number of nitrogens with zero attached hydrogens (tertiary/aromatic N) is 2. The van der Waals surface area contributed by atoms with Gasteiger partial charge in [0.15, 0.2) is 0 Å². The zero-order chi connectivity index (χ0) is 18.4. The van der Waals surface area contributed by atoms with Gasteiger partial charge in [-0.15, -0.1) is 0 Å². The Morgan fingerprint density at radius 3 is 2.27 bits per heavy atom. The Bertz CT molecular complexity index is 705. The van der Waals surface area contributed by atoms with E-state index in [0.29, 0.717) is 0 Å². The third-order valence-corrected chi connectivity index (χ3v) is 4.84. The highest BCUT2D eigenvalue weighted by atomic mass is 16.5. The van der Waals surface area contributed by atoms with Crippen LogP contribution in [0, 0.1) is 6.92 Å². The fourth-order valence-corrected chi connectivity index (χ4v) is 3.09. The molecule has 0 unspecified atom stereocenters. The zero-order valence-electron chi connectivity index (χ0n) is 15.6. The molecule has 0 radical (unpaired) electrons. The molecule has 0 aliphatic carbocycles. The number of ether oxygens (including phenoxy) is 1. The van der Waals surface area contributed by atoms with E-state index in [4.69, 9.17) is 4.74 Å². The van der Waals surface area contributed by atoms with E-state index in [1.807, 2.05) is 48.2 Å². The van der Waals surface area contributed by atoms with Crippen molar-refractivity contribution in [3.63, 3.8) is 0 Å². The third-order valence-electron chi connectivity index (χ3n) is 4.84. The third kappa shape index (κ3) is 4.99. The number of anilines is 1. The largest absolute Gasteiger partial charge is 0.497 e. The number of methoxy groups -OCH3 is 1. The number of urea groups is 1. The lowest BCUT2D eigenvalue weighted by molar-refractivity contribution is 0.148. The van der Waals surface area contributed by atoms with Crippen molar-refractivity contribution in [2.45, 2.75) is 13.3 Å². The van der Waals surface area contributed by atoms with Gasteiger partial charge in [0.2, 0.25) is 0 Å². The highest BCUT2D eigenvalue weighted by molar-refractivity contribution is 5.89. The molecule has 3 rings (SSSR count). The first-order valence-corrected chi connectivity index (χ1v) is 9.12. The minimum Gasteiger partial charge on any atom is -0.497 e. The highest BCUT2D eigenvalue weighted by Gasteiger charge is 2.20. The molecule has 1 aliphatic rings. The zero-order valence-corrected chi connectivity index (χ0v) is 15.6. The van der Waals surface area contributed by atoms with Crippen molar-refractivity contribution in [1.82, 2.24) is 9.80 Å². The van der Waals surface area contributed by atoms with Crippen LogP contribution >= 0.6 is 0 Å². The van der Waals surface area contributed by atoms with Crippen LogP contribution in [-0.2, 0) is 6.42 Å². The molecule has 5 nitrogen and oxygen atoms in total. The molecule has 1 aliphatic heterocycles. The number of nitrogens with one attached hydrogen (secondary N) is 1. The molecule has 26 heavy (non-hydrogen) atoms. The molecule has 1 heterocycles. The van der Waals surface area contributed by atoms with Gasteiger partial charge in [0.25, 0.3) is 0 Å². The van der Waals surface area contributed by atoms with Gasteiger partial charge in [0.05, 0.1) is 7.11 Å². The van der Waals surface area contributed by atoms with E-state index in [-0.39, 0.29) is 6.03 Å². The van der Waals surface area contributed by atoms with Gasteiger partial charge < -0.3 is 15.0 Å². The quantitative estimate of drug-likeness (QED) is 0.896. The van der Waals surface area contributed by atoms with Crippen molar-refractivity contribution in [3.8, 4) is 5.75 Å². The van der Waals surface area contributed by atoms with E-state index in [2.05, 4.69) is 22.3 Å². The first-order valence-electron chi connectivity index (χ1n) is 9.12. The Kier molecular flexibility index (Phi) is 6.12. The van der Waals surface area contributed by atoms with Crippen LogP contribution in [0.1, 0.15) is 11.1 Å². The van der Waals surface area contributed by atoms with Gasteiger partial charge in [-0.2, -0.15) is 0 Å². The lowest BCUT2D eigenvalue weighted by atomic mass is 10.1. The minimum atomic E-state index is -0.0105. The number of aryl methyl sites for hydroxylation is 1. The maximum absolute atomic E-state index is 12.4. The lowest BCUT2D eigenvalue weighted by Crippen LogP contribution is -2.50. The van der Waals surface area contributed by atoms with Crippen LogP contribution in [0.15, 0.2) is 48.5 Å².